The highest BCUT2D eigenvalue weighted by atomic mass is 16.5. The smallest absolute Gasteiger partial charge is 0.230 e. The number of nitrogens with one attached hydrogen (secondary N) is 1. The average Bonchev–Trinajstić information content (AvgIpc) is 3.42. The first-order valence-electron chi connectivity index (χ1n) is 7.94. The Morgan fingerprint density at radius 2 is 1.92 bits per heavy atom. The zero-order valence-electron chi connectivity index (χ0n) is 13.8. The van der Waals surface area contributed by atoms with Crippen LogP contribution < -0.4 is 15.0 Å². The lowest BCUT2D eigenvalue weighted by atomic mass is 10.2. The molecule has 6 nitrogen and oxygen atoms in total. The third-order valence-electron chi connectivity index (χ3n) is 3.84. The minimum absolute atomic E-state index is 0.373. The molecule has 1 aliphatic carbocycles. The van der Waals surface area contributed by atoms with Crippen LogP contribution in [0.4, 0.5) is 0 Å². The predicted octanol–water partition coefficient (Wildman–Crippen LogP) is 3.33. The summed E-state index contributed by atoms with van der Waals surface area (Å²) in [6.45, 7) is 2.58. The van der Waals surface area contributed by atoms with Gasteiger partial charge in [-0.15, -0.1) is 0 Å². The number of nitrogens with zero attached hydrogens (tertiary/aromatic N) is 2. The number of aliphatic imine (C=N–C) groups is 1. The molecule has 24 heavy (non-hydrogen) atoms. The van der Waals surface area contributed by atoms with Crippen LogP contribution in [0.3, 0.4) is 0 Å². The molecular weight excluding hydrogens is 306 g/mol. The number of ether oxygens (including phenoxy) is 2. The Labute approximate surface area is 141 Å². The van der Waals surface area contributed by atoms with Crippen molar-refractivity contribution in [2.24, 2.45) is 10.9 Å². The summed E-state index contributed by atoms with van der Waals surface area (Å²) in [5, 5.41) is 9.46. The summed E-state index contributed by atoms with van der Waals surface area (Å²) in [4.78, 5) is 8.89. The van der Waals surface area contributed by atoms with Crippen LogP contribution in [0.1, 0.15) is 24.1 Å². The zero-order valence-corrected chi connectivity index (χ0v) is 13.8. The van der Waals surface area contributed by atoms with Crippen LogP contribution in [0, 0.1) is 12.8 Å². The van der Waals surface area contributed by atoms with Crippen molar-refractivity contribution >= 4 is 5.84 Å². The van der Waals surface area contributed by atoms with Crippen LogP contribution in [0.25, 0.3) is 0 Å². The molecule has 1 fully saturated rings. The summed E-state index contributed by atoms with van der Waals surface area (Å²) in [5.41, 5.74) is 3.62. The molecule has 0 atom stereocenters. The maximum atomic E-state index is 9.46. The van der Waals surface area contributed by atoms with E-state index in [4.69, 9.17) is 9.47 Å². The lowest BCUT2D eigenvalue weighted by molar-refractivity contribution is 0.234. The number of benzene rings is 1. The lowest BCUT2D eigenvalue weighted by Crippen LogP contribution is -2.22. The van der Waals surface area contributed by atoms with Crippen molar-refractivity contribution < 1.29 is 14.7 Å². The maximum absolute atomic E-state index is 9.46. The van der Waals surface area contributed by atoms with Gasteiger partial charge in [-0.05, 0) is 62.1 Å². The van der Waals surface area contributed by atoms with E-state index in [9.17, 15) is 5.21 Å². The number of pyridine rings is 1. The van der Waals surface area contributed by atoms with E-state index < -0.39 is 0 Å². The standard InChI is InChI=1S/C18H21N3O3/c1-12-3-10-16(17(21-22)19-11-13-4-5-13)18(20-12)24-15-8-6-14(23-2)7-9-15/h3,6-10,13,22H,4-5,11H2,1-2H3,(H,19,21). The molecule has 0 radical (unpaired) electrons. The number of hydroxylamine groups is 1. The van der Waals surface area contributed by atoms with Crippen molar-refractivity contribution in [3.63, 3.8) is 0 Å². The van der Waals surface area contributed by atoms with Crippen LogP contribution in [0.15, 0.2) is 41.4 Å². The second-order valence-corrected chi connectivity index (χ2v) is 5.83. The van der Waals surface area contributed by atoms with Gasteiger partial charge in [0, 0.05) is 12.2 Å². The number of hydrogen-bond acceptors (Lipinski definition) is 5. The summed E-state index contributed by atoms with van der Waals surface area (Å²) in [6, 6.07) is 10.9. The topological polar surface area (TPSA) is 76.0 Å². The number of amidine groups is 1. The zero-order chi connectivity index (χ0) is 16.9. The van der Waals surface area contributed by atoms with Gasteiger partial charge in [0.15, 0.2) is 5.84 Å². The van der Waals surface area contributed by atoms with Crippen molar-refractivity contribution in [2.75, 3.05) is 13.7 Å². The molecule has 1 heterocycles. The minimum Gasteiger partial charge on any atom is -0.497 e. The molecule has 0 bridgehead atoms. The molecule has 6 heteroatoms. The van der Waals surface area contributed by atoms with E-state index >= 15 is 0 Å². The Balaban J connectivity index is 1.87. The van der Waals surface area contributed by atoms with Crippen molar-refractivity contribution in [1.82, 2.24) is 10.5 Å². The van der Waals surface area contributed by atoms with Gasteiger partial charge < -0.3 is 9.47 Å². The minimum atomic E-state index is 0.373. The van der Waals surface area contributed by atoms with Gasteiger partial charge in [0.25, 0.3) is 0 Å². The Hall–Kier alpha value is -2.60. The van der Waals surface area contributed by atoms with E-state index in [1.54, 1.807) is 19.2 Å². The first-order valence-corrected chi connectivity index (χ1v) is 7.94. The third-order valence-corrected chi connectivity index (χ3v) is 3.84. The van der Waals surface area contributed by atoms with E-state index in [2.05, 4.69) is 15.5 Å². The molecule has 0 amide bonds. The van der Waals surface area contributed by atoms with Gasteiger partial charge in [0.1, 0.15) is 11.5 Å². The van der Waals surface area contributed by atoms with Gasteiger partial charge >= 0.3 is 0 Å². The second-order valence-electron chi connectivity index (χ2n) is 5.83. The Kier molecular flexibility index (Phi) is 4.96. The highest BCUT2D eigenvalue weighted by Crippen LogP contribution is 2.30. The summed E-state index contributed by atoms with van der Waals surface area (Å²) in [6.07, 6.45) is 2.40. The molecule has 1 aromatic carbocycles. The molecule has 0 saturated heterocycles. The van der Waals surface area contributed by atoms with Crippen molar-refractivity contribution in [1.29, 1.82) is 0 Å². The number of methoxy groups -OCH3 is 1. The van der Waals surface area contributed by atoms with Crippen LogP contribution in [0.2, 0.25) is 0 Å². The SMILES string of the molecule is COc1ccc(Oc2nc(C)ccc2C(=NCC2CC2)NO)cc1. The molecule has 0 aliphatic heterocycles. The summed E-state index contributed by atoms with van der Waals surface area (Å²) >= 11 is 0. The Morgan fingerprint density at radius 3 is 2.54 bits per heavy atom. The molecule has 3 rings (SSSR count). The summed E-state index contributed by atoms with van der Waals surface area (Å²) in [7, 11) is 1.62. The van der Waals surface area contributed by atoms with Gasteiger partial charge in [-0.25, -0.2) is 4.98 Å². The largest absolute Gasteiger partial charge is 0.497 e. The Morgan fingerprint density at radius 1 is 1.21 bits per heavy atom. The van der Waals surface area contributed by atoms with E-state index in [1.165, 1.54) is 12.8 Å². The molecule has 2 aromatic rings. The molecule has 1 aromatic heterocycles. The highest BCUT2D eigenvalue weighted by Gasteiger charge is 2.21. The van der Waals surface area contributed by atoms with E-state index in [1.807, 2.05) is 31.2 Å². The van der Waals surface area contributed by atoms with E-state index in [0.29, 0.717) is 35.5 Å². The van der Waals surface area contributed by atoms with E-state index in [-0.39, 0.29) is 0 Å². The van der Waals surface area contributed by atoms with Gasteiger partial charge in [-0.3, -0.25) is 15.7 Å². The maximum Gasteiger partial charge on any atom is 0.230 e. The number of rotatable bonds is 6. The van der Waals surface area contributed by atoms with E-state index in [0.717, 1.165) is 11.4 Å². The van der Waals surface area contributed by atoms with Crippen LogP contribution >= 0.6 is 0 Å². The fraction of sp³-hybridized carbons (Fsp3) is 0.333. The fourth-order valence-electron chi connectivity index (χ4n) is 2.25. The highest BCUT2D eigenvalue weighted by molar-refractivity contribution is 6.00. The number of aryl methyl sites for hydroxylation is 1. The fourth-order valence-corrected chi connectivity index (χ4v) is 2.25. The molecule has 1 saturated carbocycles. The number of aromatic nitrogens is 1. The first kappa shape index (κ1) is 16.3. The average molecular weight is 327 g/mol. The predicted molar refractivity (Wildman–Crippen MR) is 91.1 cm³/mol. The van der Waals surface area contributed by atoms with Gasteiger partial charge in [0.2, 0.25) is 5.88 Å². The molecule has 126 valence electrons. The molecule has 0 unspecified atom stereocenters. The van der Waals surface area contributed by atoms with Crippen LogP contribution in [-0.2, 0) is 0 Å². The molecule has 0 spiro atoms. The summed E-state index contributed by atoms with van der Waals surface area (Å²) in [5.74, 6) is 2.78. The van der Waals surface area contributed by atoms with Gasteiger partial charge in [-0.2, -0.15) is 0 Å². The van der Waals surface area contributed by atoms with Crippen LogP contribution in [0.5, 0.6) is 17.4 Å². The van der Waals surface area contributed by atoms with Crippen molar-refractivity contribution in [3.8, 4) is 17.4 Å². The second kappa shape index (κ2) is 7.31. The monoisotopic (exact) mass is 327 g/mol. The van der Waals surface area contributed by atoms with Gasteiger partial charge in [0.05, 0.1) is 12.7 Å². The quantitative estimate of drug-likeness (QED) is 0.483. The van der Waals surface area contributed by atoms with Gasteiger partial charge in [-0.1, -0.05) is 0 Å². The molecule has 2 N–H and O–H groups in total. The third kappa shape index (κ3) is 4.02. The summed E-state index contributed by atoms with van der Waals surface area (Å²) < 4.78 is 11.0. The lowest BCUT2D eigenvalue weighted by Gasteiger charge is -2.12. The van der Waals surface area contributed by atoms with Crippen molar-refractivity contribution in [3.05, 3.63) is 47.7 Å². The first-order chi connectivity index (χ1) is 11.7. The number of hydrogen-bond donors (Lipinski definition) is 2. The Bertz CT molecular complexity index is 725. The molecular formula is C18H21N3O3. The molecule has 1 aliphatic rings. The van der Waals surface area contributed by atoms with Crippen molar-refractivity contribution in [2.45, 2.75) is 19.8 Å². The normalized spacial score (nSPS) is 14.4. The van der Waals surface area contributed by atoms with Crippen LogP contribution in [-0.4, -0.2) is 29.7 Å².